The van der Waals surface area contributed by atoms with E-state index < -0.39 is 10.0 Å². The smallest absolute Gasteiger partial charge is 0.240 e. The van der Waals surface area contributed by atoms with Crippen molar-refractivity contribution in [2.45, 2.75) is 11.4 Å². The number of hydrogen-bond donors (Lipinski definition) is 3. The van der Waals surface area contributed by atoms with Gasteiger partial charge in [-0.3, -0.25) is 0 Å². The first-order valence-electron chi connectivity index (χ1n) is 5.15. The first-order chi connectivity index (χ1) is 8.47. The number of hydrogen-bond acceptors (Lipinski definition) is 5. The lowest BCUT2D eigenvalue weighted by Crippen LogP contribution is -2.15. The molecule has 0 amide bonds. The van der Waals surface area contributed by atoms with Crippen LogP contribution >= 0.6 is 0 Å². The average molecular weight is 267 g/mol. The van der Waals surface area contributed by atoms with Crippen molar-refractivity contribution < 1.29 is 12.8 Å². The van der Waals surface area contributed by atoms with Crippen LogP contribution in [0.2, 0.25) is 0 Å². The first-order valence-corrected chi connectivity index (χ1v) is 6.70. The van der Waals surface area contributed by atoms with Crippen LogP contribution in [0.25, 0.3) is 0 Å². The number of benzene rings is 1. The molecule has 2 aromatic rings. The van der Waals surface area contributed by atoms with Crippen molar-refractivity contribution in [2.75, 3.05) is 11.1 Å². The molecule has 1 aromatic carbocycles. The van der Waals surface area contributed by atoms with E-state index in [0.717, 1.165) is 0 Å². The molecule has 0 aliphatic rings. The van der Waals surface area contributed by atoms with Crippen molar-refractivity contribution in [1.82, 2.24) is 0 Å². The summed E-state index contributed by atoms with van der Waals surface area (Å²) in [7, 11) is -3.82. The van der Waals surface area contributed by atoms with Crippen molar-refractivity contribution in [2.24, 2.45) is 5.14 Å². The summed E-state index contributed by atoms with van der Waals surface area (Å²) in [4.78, 5) is -0.0333. The highest BCUT2D eigenvalue weighted by molar-refractivity contribution is 7.89. The highest BCUT2D eigenvalue weighted by Crippen LogP contribution is 2.23. The maximum atomic E-state index is 11.4. The van der Waals surface area contributed by atoms with Crippen LogP contribution in [0.3, 0.4) is 0 Å². The van der Waals surface area contributed by atoms with Crippen molar-refractivity contribution in [3.8, 4) is 0 Å². The molecular weight excluding hydrogens is 254 g/mol. The molecule has 0 unspecified atom stereocenters. The molecule has 6 nitrogen and oxygen atoms in total. The Kier molecular flexibility index (Phi) is 3.26. The molecule has 0 spiro atoms. The number of rotatable bonds is 4. The van der Waals surface area contributed by atoms with E-state index in [1.165, 1.54) is 6.07 Å². The van der Waals surface area contributed by atoms with Gasteiger partial charge in [0.05, 0.1) is 18.5 Å². The molecule has 0 saturated heterocycles. The highest BCUT2D eigenvalue weighted by atomic mass is 32.2. The lowest BCUT2D eigenvalue weighted by molar-refractivity contribution is 0.518. The fourth-order valence-corrected chi connectivity index (χ4v) is 2.26. The van der Waals surface area contributed by atoms with E-state index in [4.69, 9.17) is 15.3 Å². The maximum absolute atomic E-state index is 11.4. The van der Waals surface area contributed by atoms with Gasteiger partial charge in [0.25, 0.3) is 0 Å². The van der Waals surface area contributed by atoms with Gasteiger partial charge < -0.3 is 15.5 Å². The highest BCUT2D eigenvalue weighted by Gasteiger charge is 2.14. The number of nitrogens with one attached hydrogen (secondary N) is 1. The van der Waals surface area contributed by atoms with Crippen molar-refractivity contribution >= 4 is 21.4 Å². The third kappa shape index (κ3) is 2.82. The molecule has 0 bridgehead atoms. The molecule has 96 valence electrons. The normalized spacial score (nSPS) is 11.4. The van der Waals surface area contributed by atoms with Gasteiger partial charge >= 0.3 is 0 Å². The standard InChI is InChI=1S/C11H13N3O3S/c12-8-3-4-10(11(6-8)18(13,15)16)14-7-9-2-1-5-17-9/h1-6,14H,7,12H2,(H2,13,15,16). The van der Waals surface area contributed by atoms with Gasteiger partial charge in [-0.05, 0) is 30.3 Å². The third-order valence-electron chi connectivity index (χ3n) is 2.35. The minimum absolute atomic E-state index is 0.0333. The molecule has 0 aliphatic carbocycles. The molecule has 0 atom stereocenters. The number of primary sulfonamides is 1. The molecule has 7 heteroatoms. The number of anilines is 2. The fourth-order valence-electron chi connectivity index (χ4n) is 1.52. The summed E-state index contributed by atoms with van der Waals surface area (Å²) >= 11 is 0. The van der Waals surface area contributed by atoms with Crippen molar-refractivity contribution in [3.63, 3.8) is 0 Å². The van der Waals surface area contributed by atoms with E-state index in [1.807, 2.05) is 0 Å². The quantitative estimate of drug-likeness (QED) is 0.719. The SMILES string of the molecule is Nc1ccc(NCc2ccco2)c(S(N)(=O)=O)c1. The van der Waals surface area contributed by atoms with Crippen LogP contribution in [0.4, 0.5) is 11.4 Å². The first kappa shape index (κ1) is 12.5. The topological polar surface area (TPSA) is 111 Å². The summed E-state index contributed by atoms with van der Waals surface area (Å²) in [6, 6.07) is 8.01. The van der Waals surface area contributed by atoms with Gasteiger partial charge in [-0.1, -0.05) is 0 Å². The summed E-state index contributed by atoms with van der Waals surface area (Å²) in [5, 5.41) is 8.07. The molecule has 0 fully saturated rings. The Morgan fingerprint density at radius 2 is 2.06 bits per heavy atom. The summed E-state index contributed by atoms with van der Waals surface area (Å²) in [5.41, 5.74) is 6.28. The lowest BCUT2D eigenvalue weighted by atomic mass is 10.3. The number of nitrogen functional groups attached to an aromatic ring is 1. The van der Waals surface area contributed by atoms with Crippen LogP contribution in [0.5, 0.6) is 0 Å². The van der Waals surface area contributed by atoms with Gasteiger partial charge in [-0.2, -0.15) is 0 Å². The Labute approximate surface area is 105 Å². The van der Waals surface area contributed by atoms with Crippen molar-refractivity contribution in [3.05, 3.63) is 42.4 Å². The van der Waals surface area contributed by atoms with Gasteiger partial charge in [0.15, 0.2) is 0 Å². The van der Waals surface area contributed by atoms with Gasteiger partial charge in [0.1, 0.15) is 10.7 Å². The minimum atomic E-state index is -3.82. The van der Waals surface area contributed by atoms with E-state index in [1.54, 1.807) is 30.5 Å². The van der Waals surface area contributed by atoms with E-state index in [2.05, 4.69) is 5.32 Å². The van der Waals surface area contributed by atoms with E-state index in [9.17, 15) is 8.42 Å². The van der Waals surface area contributed by atoms with Gasteiger partial charge in [0, 0.05) is 5.69 Å². The Hall–Kier alpha value is -1.99. The predicted molar refractivity (Wildman–Crippen MR) is 68.3 cm³/mol. The number of furan rings is 1. The Morgan fingerprint density at radius 3 is 2.67 bits per heavy atom. The van der Waals surface area contributed by atoms with Crippen LogP contribution in [0.15, 0.2) is 45.9 Å². The molecular formula is C11H13N3O3S. The van der Waals surface area contributed by atoms with Crippen LogP contribution < -0.4 is 16.2 Å². The molecule has 0 radical (unpaired) electrons. The second-order valence-corrected chi connectivity index (χ2v) is 5.26. The zero-order valence-corrected chi connectivity index (χ0v) is 10.3. The second kappa shape index (κ2) is 4.71. The summed E-state index contributed by atoms with van der Waals surface area (Å²) < 4.78 is 28.0. The molecule has 0 aliphatic heterocycles. The van der Waals surface area contributed by atoms with Gasteiger partial charge in [0.2, 0.25) is 10.0 Å². The van der Waals surface area contributed by atoms with Gasteiger partial charge in [-0.15, -0.1) is 0 Å². The molecule has 2 rings (SSSR count). The Morgan fingerprint density at radius 1 is 1.28 bits per heavy atom. The minimum Gasteiger partial charge on any atom is -0.467 e. The summed E-state index contributed by atoms with van der Waals surface area (Å²) in [5.74, 6) is 0.687. The van der Waals surface area contributed by atoms with Crippen LogP contribution in [0, 0.1) is 0 Å². The summed E-state index contributed by atoms with van der Waals surface area (Å²) in [6.07, 6.45) is 1.54. The van der Waals surface area contributed by atoms with Crippen LogP contribution in [-0.4, -0.2) is 8.42 Å². The number of nitrogens with two attached hydrogens (primary N) is 2. The van der Waals surface area contributed by atoms with E-state index in [-0.39, 0.29) is 4.90 Å². The van der Waals surface area contributed by atoms with Crippen molar-refractivity contribution in [1.29, 1.82) is 0 Å². The van der Waals surface area contributed by atoms with Crippen LogP contribution in [-0.2, 0) is 16.6 Å². The largest absolute Gasteiger partial charge is 0.467 e. The zero-order chi connectivity index (χ0) is 13.2. The monoisotopic (exact) mass is 267 g/mol. The van der Waals surface area contributed by atoms with E-state index >= 15 is 0 Å². The maximum Gasteiger partial charge on any atom is 0.240 e. The summed E-state index contributed by atoms with van der Waals surface area (Å²) in [6.45, 7) is 0.361. The lowest BCUT2D eigenvalue weighted by Gasteiger charge is -2.10. The Balaban J connectivity index is 2.27. The van der Waals surface area contributed by atoms with Crippen LogP contribution in [0.1, 0.15) is 5.76 Å². The van der Waals surface area contributed by atoms with E-state index in [0.29, 0.717) is 23.7 Å². The Bertz CT molecular complexity index is 636. The third-order valence-corrected chi connectivity index (χ3v) is 3.30. The average Bonchev–Trinajstić information content (AvgIpc) is 2.79. The zero-order valence-electron chi connectivity index (χ0n) is 9.46. The molecule has 18 heavy (non-hydrogen) atoms. The second-order valence-electron chi connectivity index (χ2n) is 3.73. The fraction of sp³-hybridized carbons (Fsp3) is 0.0909. The molecule has 5 N–H and O–H groups in total. The molecule has 1 heterocycles. The molecule has 1 aromatic heterocycles. The number of sulfonamides is 1. The predicted octanol–water partition coefficient (Wildman–Crippen LogP) is 1.12. The van der Waals surface area contributed by atoms with Gasteiger partial charge in [-0.25, -0.2) is 13.6 Å². The molecule has 0 saturated carbocycles.